The molecule has 5 heteroatoms. The molecule has 1 aromatic carbocycles. The van der Waals surface area contributed by atoms with Gasteiger partial charge in [0, 0.05) is 11.6 Å². The van der Waals surface area contributed by atoms with Crippen molar-refractivity contribution in [2.24, 2.45) is 0 Å². The van der Waals surface area contributed by atoms with E-state index in [0.717, 1.165) is 5.56 Å². The van der Waals surface area contributed by atoms with E-state index in [4.69, 9.17) is 0 Å². The van der Waals surface area contributed by atoms with E-state index in [1.54, 1.807) is 6.92 Å². The molecule has 0 spiro atoms. The Labute approximate surface area is 126 Å². The molecule has 0 aromatic heterocycles. The molecule has 21 heavy (non-hydrogen) atoms. The van der Waals surface area contributed by atoms with Gasteiger partial charge in [0.2, 0.25) is 5.91 Å². The minimum Gasteiger partial charge on any atom is -0.333 e. The van der Waals surface area contributed by atoms with E-state index in [1.807, 2.05) is 58.0 Å². The van der Waals surface area contributed by atoms with Gasteiger partial charge in [-0.3, -0.25) is 15.4 Å². The van der Waals surface area contributed by atoms with Gasteiger partial charge in [0.15, 0.2) is 0 Å². The molecule has 0 saturated carbocycles. The van der Waals surface area contributed by atoms with E-state index in [-0.39, 0.29) is 17.5 Å². The highest BCUT2D eigenvalue weighted by Crippen LogP contribution is 2.11. The number of urea groups is 1. The molecular formula is C16H25N3O2. The zero-order valence-corrected chi connectivity index (χ0v) is 13.4. The van der Waals surface area contributed by atoms with Crippen molar-refractivity contribution in [2.75, 3.05) is 0 Å². The van der Waals surface area contributed by atoms with Gasteiger partial charge >= 0.3 is 6.03 Å². The van der Waals surface area contributed by atoms with Gasteiger partial charge in [-0.05, 0) is 40.2 Å². The van der Waals surface area contributed by atoms with Crippen LogP contribution in [-0.2, 0) is 4.79 Å². The van der Waals surface area contributed by atoms with Gasteiger partial charge in [-0.15, -0.1) is 0 Å². The van der Waals surface area contributed by atoms with Crippen molar-refractivity contribution in [1.29, 1.82) is 0 Å². The largest absolute Gasteiger partial charge is 0.333 e. The first-order valence-electron chi connectivity index (χ1n) is 7.13. The zero-order chi connectivity index (χ0) is 16.0. The molecule has 0 aliphatic rings. The fourth-order valence-electron chi connectivity index (χ4n) is 1.88. The summed E-state index contributed by atoms with van der Waals surface area (Å²) in [6.07, 6.45) is 0. The van der Waals surface area contributed by atoms with Gasteiger partial charge in [-0.25, -0.2) is 4.79 Å². The quantitative estimate of drug-likeness (QED) is 0.797. The molecule has 5 nitrogen and oxygen atoms in total. The Morgan fingerprint density at radius 3 is 2.14 bits per heavy atom. The maximum absolute atomic E-state index is 12.0. The van der Waals surface area contributed by atoms with Crippen LogP contribution in [0.5, 0.6) is 0 Å². The molecule has 0 unspecified atom stereocenters. The summed E-state index contributed by atoms with van der Waals surface area (Å²) in [6.45, 7) is 9.29. The average Bonchev–Trinajstić information content (AvgIpc) is 2.37. The van der Waals surface area contributed by atoms with E-state index in [0.29, 0.717) is 0 Å². The van der Waals surface area contributed by atoms with E-state index in [2.05, 4.69) is 16.0 Å². The SMILES string of the molecule is C[C@H](N[C@H](C)C(=O)NC(=O)NC(C)(C)C)c1ccccc1. The van der Waals surface area contributed by atoms with Gasteiger partial charge < -0.3 is 5.32 Å². The highest BCUT2D eigenvalue weighted by Gasteiger charge is 2.20. The van der Waals surface area contributed by atoms with Gasteiger partial charge in [-0.1, -0.05) is 30.3 Å². The summed E-state index contributed by atoms with van der Waals surface area (Å²) >= 11 is 0. The normalized spacial score (nSPS) is 14.1. The summed E-state index contributed by atoms with van der Waals surface area (Å²) in [4.78, 5) is 23.6. The monoisotopic (exact) mass is 291 g/mol. The lowest BCUT2D eigenvalue weighted by Crippen LogP contribution is -2.52. The van der Waals surface area contributed by atoms with Crippen molar-refractivity contribution >= 4 is 11.9 Å². The van der Waals surface area contributed by atoms with Crippen LogP contribution in [0.15, 0.2) is 30.3 Å². The van der Waals surface area contributed by atoms with Crippen LogP contribution in [0.4, 0.5) is 4.79 Å². The van der Waals surface area contributed by atoms with Crippen molar-refractivity contribution in [2.45, 2.75) is 52.2 Å². The summed E-state index contributed by atoms with van der Waals surface area (Å²) in [6, 6.07) is 8.92. The van der Waals surface area contributed by atoms with Crippen molar-refractivity contribution < 1.29 is 9.59 Å². The Morgan fingerprint density at radius 2 is 1.62 bits per heavy atom. The first-order chi connectivity index (χ1) is 9.69. The van der Waals surface area contributed by atoms with Crippen LogP contribution < -0.4 is 16.0 Å². The Kier molecular flexibility index (Phi) is 5.90. The van der Waals surface area contributed by atoms with Crippen LogP contribution in [0, 0.1) is 0 Å². The third kappa shape index (κ3) is 6.40. The van der Waals surface area contributed by atoms with Gasteiger partial charge in [-0.2, -0.15) is 0 Å². The smallest absolute Gasteiger partial charge is 0.321 e. The average molecular weight is 291 g/mol. The number of carbonyl (C=O) groups is 2. The third-order valence-electron chi connectivity index (χ3n) is 2.92. The number of hydrogen-bond acceptors (Lipinski definition) is 3. The minimum atomic E-state index is -0.478. The maximum Gasteiger partial charge on any atom is 0.321 e. The predicted octanol–water partition coefficient (Wildman–Crippen LogP) is 2.35. The molecule has 0 saturated heterocycles. The fourth-order valence-corrected chi connectivity index (χ4v) is 1.88. The molecule has 0 fully saturated rings. The Hall–Kier alpha value is -1.88. The molecule has 0 radical (unpaired) electrons. The number of benzene rings is 1. The Balaban J connectivity index is 2.50. The Bertz CT molecular complexity index is 480. The van der Waals surface area contributed by atoms with Gasteiger partial charge in [0.1, 0.15) is 0 Å². The van der Waals surface area contributed by atoms with Crippen molar-refractivity contribution in [3.05, 3.63) is 35.9 Å². The lowest BCUT2D eigenvalue weighted by Gasteiger charge is -2.23. The lowest BCUT2D eigenvalue weighted by molar-refractivity contribution is -0.121. The molecule has 1 aromatic rings. The second kappa shape index (κ2) is 7.22. The molecule has 1 rings (SSSR count). The van der Waals surface area contributed by atoms with E-state index in [9.17, 15) is 9.59 Å². The highest BCUT2D eigenvalue weighted by molar-refractivity contribution is 5.97. The van der Waals surface area contributed by atoms with Gasteiger partial charge in [0.25, 0.3) is 0 Å². The number of nitrogens with one attached hydrogen (secondary N) is 3. The molecule has 0 heterocycles. The van der Waals surface area contributed by atoms with Crippen molar-refractivity contribution in [1.82, 2.24) is 16.0 Å². The van der Waals surface area contributed by atoms with Crippen molar-refractivity contribution in [3.63, 3.8) is 0 Å². The molecule has 3 N–H and O–H groups in total. The first kappa shape index (κ1) is 17.2. The molecule has 0 aliphatic carbocycles. The first-order valence-corrected chi connectivity index (χ1v) is 7.13. The minimum absolute atomic E-state index is 0.0256. The summed E-state index contributed by atoms with van der Waals surface area (Å²) < 4.78 is 0. The Morgan fingerprint density at radius 1 is 1.05 bits per heavy atom. The zero-order valence-electron chi connectivity index (χ0n) is 13.4. The summed E-state index contributed by atoms with van der Waals surface area (Å²) in [7, 11) is 0. The van der Waals surface area contributed by atoms with Gasteiger partial charge in [0.05, 0.1) is 6.04 Å². The predicted molar refractivity (Wildman–Crippen MR) is 83.9 cm³/mol. The van der Waals surface area contributed by atoms with Crippen LogP contribution in [-0.4, -0.2) is 23.5 Å². The molecular weight excluding hydrogens is 266 g/mol. The molecule has 116 valence electrons. The lowest BCUT2D eigenvalue weighted by atomic mass is 10.1. The molecule has 0 bridgehead atoms. The number of carbonyl (C=O) groups excluding carboxylic acids is 2. The van der Waals surface area contributed by atoms with Crippen LogP contribution in [0.25, 0.3) is 0 Å². The van der Waals surface area contributed by atoms with E-state index < -0.39 is 12.1 Å². The molecule has 2 atom stereocenters. The van der Waals surface area contributed by atoms with Crippen LogP contribution >= 0.6 is 0 Å². The van der Waals surface area contributed by atoms with E-state index >= 15 is 0 Å². The second-order valence-corrected chi connectivity index (χ2v) is 6.21. The van der Waals surface area contributed by atoms with Crippen molar-refractivity contribution in [3.8, 4) is 0 Å². The summed E-state index contributed by atoms with van der Waals surface area (Å²) in [5, 5.41) is 8.20. The molecule has 0 aliphatic heterocycles. The van der Waals surface area contributed by atoms with Crippen LogP contribution in [0.2, 0.25) is 0 Å². The highest BCUT2D eigenvalue weighted by atomic mass is 16.2. The standard InChI is InChI=1S/C16H25N3O2/c1-11(13-9-7-6-8-10-13)17-12(2)14(20)18-15(21)19-16(3,4)5/h6-12,17H,1-5H3,(H2,18,19,20,21)/t11-,12+/m0/s1. The van der Waals surface area contributed by atoms with Crippen LogP contribution in [0.1, 0.15) is 46.2 Å². The van der Waals surface area contributed by atoms with Crippen LogP contribution in [0.3, 0.4) is 0 Å². The van der Waals surface area contributed by atoms with E-state index in [1.165, 1.54) is 0 Å². The number of amides is 3. The summed E-state index contributed by atoms with van der Waals surface area (Å²) in [5.74, 6) is -0.348. The topological polar surface area (TPSA) is 70.2 Å². The number of rotatable bonds is 4. The molecule has 3 amide bonds. The third-order valence-corrected chi connectivity index (χ3v) is 2.92. The fraction of sp³-hybridized carbons (Fsp3) is 0.500. The number of hydrogen-bond donors (Lipinski definition) is 3. The second-order valence-electron chi connectivity index (χ2n) is 6.21. The summed E-state index contributed by atoms with van der Waals surface area (Å²) in [5.41, 5.74) is 0.717. The number of imide groups is 1. The maximum atomic E-state index is 12.0.